The predicted molar refractivity (Wildman–Crippen MR) is 79.9 cm³/mol. The van der Waals surface area contributed by atoms with E-state index in [1.807, 2.05) is 11.1 Å². The highest BCUT2D eigenvalue weighted by Gasteiger charge is 2.46. The summed E-state index contributed by atoms with van der Waals surface area (Å²) in [4.78, 5) is 0. The summed E-state index contributed by atoms with van der Waals surface area (Å²) in [5.74, 6) is 4.01. The first-order valence-electron chi connectivity index (χ1n) is 8.50. The summed E-state index contributed by atoms with van der Waals surface area (Å²) >= 11 is 0. The van der Waals surface area contributed by atoms with Gasteiger partial charge in [-0.2, -0.15) is 0 Å². The standard InChI is InChI=1S/C18H27N/c1-2-19-11-18-15-8-4-7-14(15)16-9-13-6-3-5-12(16)10-17(13)18/h6,12,14-16,19H,2-5,7-11H2,1H3. The van der Waals surface area contributed by atoms with E-state index >= 15 is 0 Å². The maximum Gasteiger partial charge on any atom is 0.0173 e. The molecule has 1 heteroatoms. The van der Waals surface area contributed by atoms with Crippen LogP contribution in [0.5, 0.6) is 0 Å². The molecule has 4 atom stereocenters. The lowest BCUT2D eigenvalue weighted by molar-refractivity contribution is 0.193. The number of rotatable bonds is 3. The first-order valence-corrected chi connectivity index (χ1v) is 8.50. The Bertz CT molecular complexity index is 431. The topological polar surface area (TPSA) is 12.0 Å². The molecule has 0 amide bonds. The quantitative estimate of drug-likeness (QED) is 0.803. The highest BCUT2D eigenvalue weighted by Crippen LogP contribution is 2.57. The van der Waals surface area contributed by atoms with Crippen molar-refractivity contribution >= 4 is 0 Å². The molecule has 0 radical (unpaired) electrons. The van der Waals surface area contributed by atoms with E-state index in [1.165, 1.54) is 51.5 Å². The van der Waals surface area contributed by atoms with Crippen LogP contribution in [0.15, 0.2) is 22.8 Å². The third-order valence-corrected chi connectivity index (χ3v) is 6.36. The van der Waals surface area contributed by atoms with Crippen molar-refractivity contribution in [1.29, 1.82) is 0 Å². The van der Waals surface area contributed by atoms with Crippen molar-refractivity contribution in [3.8, 4) is 0 Å². The van der Waals surface area contributed by atoms with Crippen LogP contribution in [0.2, 0.25) is 0 Å². The van der Waals surface area contributed by atoms with Gasteiger partial charge < -0.3 is 5.32 Å². The van der Waals surface area contributed by atoms with Gasteiger partial charge in [0.15, 0.2) is 0 Å². The van der Waals surface area contributed by atoms with Crippen molar-refractivity contribution in [2.24, 2.45) is 23.7 Å². The minimum Gasteiger partial charge on any atom is -0.313 e. The monoisotopic (exact) mass is 257 g/mol. The number of fused-ring (bicyclic) bond motifs is 2. The molecule has 0 spiro atoms. The maximum atomic E-state index is 3.64. The van der Waals surface area contributed by atoms with Crippen LogP contribution >= 0.6 is 0 Å². The normalized spacial score (nSPS) is 40.2. The molecule has 0 aromatic carbocycles. The van der Waals surface area contributed by atoms with Crippen LogP contribution in [0, 0.1) is 23.7 Å². The van der Waals surface area contributed by atoms with Crippen molar-refractivity contribution in [3.05, 3.63) is 22.8 Å². The predicted octanol–water partition coefficient (Wildman–Crippen LogP) is 4.07. The van der Waals surface area contributed by atoms with Crippen LogP contribution in [-0.2, 0) is 0 Å². The molecule has 0 heterocycles. The summed E-state index contributed by atoms with van der Waals surface area (Å²) in [6.07, 6.45) is 12.7. The number of hydrogen-bond acceptors (Lipinski definition) is 1. The Morgan fingerprint density at radius 3 is 3.00 bits per heavy atom. The van der Waals surface area contributed by atoms with Crippen molar-refractivity contribution in [2.75, 3.05) is 13.1 Å². The van der Waals surface area contributed by atoms with Crippen LogP contribution < -0.4 is 5.32 Å². The van der Waals surface area contributed by atoms with Gasteiger partial charge in [0.1, 0.15) is 0 Å². The Balaban J connectivity index is 1.79. The molecule has 0 aromatic heterocycles. The Labute approximate surface area is 117 Å². The fourth-order valence-electron chi connectivity index (χ4n) is 5.58. The van der Waals surface area contributed by atoms with E-state index in [0.29, 0.717) is 0 Å². The fourth-order valence-corrected chi connectivity index (χ4v) is 5.58. The van der Waals surface area contributed by atoms with Gasteiger partial charge in [-0.05, 0) is 85.5 Å². The zero-order chi connectivity index (χ0) is 12.8. The Morgan fingerprint density at radius 2 is 2.11 bits per heavy atom. The molecule has 1 N–H and O–H groups in total. The van der Waals surface area contributed by atoms with Crippen molar-refractivity contribution in [1.82, 2.24) is 5.32 Å². The van der Waals surface area contributed by atoms with E-state index in [9.17, 15) is 0 Å². The van der Waals surface area contributed by atoms with Crippen LogP contribution in [0.3, 0.4) is 0 Å². The minimum atomic E-state index is 0.938. The van der Waals surface area contributed by atoms with Crippen LogP contribution in [-0.4, -0.2) is 13.1 Å². The van der Waals surface area contributed by atoms with Gasteiger partial charge in [0.2, 0.25) is 0 Å². The molecule has 4 bridgehead atoms. The summed E-state index contributed by atoms with van der Waals surface area (Å²) in [5, 5.41) is 3.64. The Kier molecular flexibility index (Phi) is 3.06. The molecule has 0 saturated heterocycles. The Morgan fingerprint density at radius 1 is 1.16 bits per heavy atom. The zero-order valence-corrected chi connectivity index (χ0v) is 12.3. The molecule has 2 saturated carbocycles. The third kappa shape index (κ3) is 1.85. The fraction of sp³-hybridized carbons (Fsp3) is 0.778. The summed E-state index contributed by atoms with van der Waals surface area (Å²) < 4.78 is 0. The second-order valence-corrected chi connectivity index (χ2v) is 7.12. The van der Waals surface area contributed by atoms with Crippen molar-refractivity contribution in [3.63, 3.8) is 0 Å². The molecule has 4 unspecified atom stereocenters. The van der Waals surface area contributed by atoms with E-state index in [-0.39, 0.29) is 0 Å². The van der Waals surface area contributed by atoms with E-state index in [4.69, 9.17) is 0 Å². The number of nitrogens with one attached hydrogen (secondary N) is 1. The second-order valence-electron chi connectivity index (χ2n) is 7.12. The lowest BCUT2D eigenvalue weighted by Crippen LogP contribution is -2.27. The summed E-state index contributed by atoms with van der Waals surface area (Å²) in [6.45, 7) is 4.52. The van der Waals surface area contributed by atoms with Crippen LogP contribution in [0.4, 0.5) is 0 Å². The van der Waals surface area contributed by atoms with Crippen molar-refractivity contribution < 1.29 is 0 Å². The van der Waals surface area contributed by atoms with Gasteiger partial charge in [-0.25, -0.2) is 0 Å². The van der Waals surface area contributed by atoms with Crippen LogP contribution in [0.25, 0.3) is 0 Å². The first kappa shape index (κ1) is 12.2. The van der Waals surface area contributed by atoms with Gasteiger partial charge in [0.05, 0.1) is 0 Å². The zero-order valence-electron chi connectivity index (χ0n) is 12.3. The highest BCUT2D eigenvalue weighted by atomic mass is 14.8. The summed E-state index contributed by atoms with van der Waals surface area (Å²) in [5.41, 5.74) is 5.41. The molecule has 6 rings (SSSR count). The molecule has 1 nitrogen and oxygen atoms in total. The summed E-state index contributed by atoms with van der Waals surface area (Å²) in [7, 11) is 0. The smallest absolute Gasteiger partial charge is 0.0173 e. The Hall–Kier alpha value is -0.560. The molecule has 19 heavy (non-hydrogen) atoms. The van der Waals surface area contributed by atoms with E-state index in [2.05, 4.69) is 18.3 Å². The first-order chi connectivity index (χ1) is 9.38. The largest absolute Gasteiger partial charge is 0.313 e. The minimum absolute atomic E-state index is 0.938. The number of hydrogen-bond donors (Lipinski definition) is 1. The third-order valence-electron chi connectivity index (χ3n) is 6.36. The lowest BCUT2D eigenvalue weighted by atomic mass is 9.70. The molecule has 0 aromatic rings. The van der Waals surface area contributed by atoms with Gasteiger partial charge in [-0.3, -0.25) is 0 Å². The van der Waals surface area contributed by atoms with E-state index in [0.717, 1.165) is 30.2 Å². The van der Waals surface area contributed by atoms with Crippen LogP contribution in [0.1, 0.15) is 51.9 Å². The highest BCUT2D eigenvalue weighted by molar-refractivity contribution is 5.44. The molecule has 0 aliphatic heterocycles. The van der Waals surface area contributed by atoms with E-state index < -0.39 is 0 Å². The molecule has 2 fully saturated rings. The molecular weight excluding hydrogens is 230 g/mol. The molecular formula is C18H27N. The number of likely N-dealkylation sites (N-methyl/N-ethyl adjacent to an activating group) is 1. The molecule has 104 valence electrons. The average molecular weight is 257 g/mol. The SMILES string of the molecule is CCNCC1=C2CC3CCC=C2CC3C2CCCC12. The molecule has 6 aliphatic carbocycles. The van der Waals surface area contributed by atoms with Gasteiger partial charge in [-0.15, -0.1) is 0 Å². The van der Waals surface area contributed by atoms with Crippen molar-refractivity contribution in [2.45, 2.75) is 51.9 Å². The molecule has 6 aliphatic rings. The summed E-state index contributed by atoms with van der Waals surface area (Å²) in [6, 6.07) is 0. The van der Waals surface area contributed by atoms with Gasteiger partial charge >= 0.3 is 0 Å². The lowest BCUT2D eigenvalue weighted by Gasteiger charge is -2.34. The van der Waals surface area contributed by atoms with Gasteiger partial charge in [0, 0.05) is 6.54 Å². The van der Waals surface area contributed by atoms with Gasteiger partial charge in [0.25, 0.3) is 0 Å². The second kappa shape index (κ2) is 4.77. The van der Waals surface area contributed by atoms with E-state index in [1.54, 1.807) is 5.57 Å². The maximum absolute atomic E-state index is 3.64. The number of allylic oxidation sites excluding steroid dienone is 3. The average Bonchev–Trinajstić information content (AvgIpc) is 2.58. The van der Waals surface area contributed by atoms with Gasteiger partial charge in [-0.1, -0.05) is 19.4 Å².